The Bertz CT molecular complexity index is 1200. The Balaban J connectivity index is 1.54. The fraction of sp³-hybridized carbons (Fsp3) is 0.556. The summed E-state index contributed by atoms with van der Waals surface area (Å²) in [6, 6.07) is 6.40. The quantitative estimate of drug-likeness (QED) is 0.561. The molecule has 0 spiro atoms. The summed E-state index contributed by atoms with van der Waals surface area (Å²) in [5, 5.41) is 3.97. The molecule has 1 aliphatic carbocycles. The molecule has 1 atom stereocenters. The molecular weight excluding hydrogens is 462 g/mol. The first-order valence-corrected chi connectivity index (χ1v) is 14.1. The van der Waals surface area contributed by atoms with Crippen LogP contribution in [0.25, 0.3) is 12.2 Å². The van der Waals surface area contributed by atoms with Gasteiger partial charge in [0.2, 0.25) is 15.9 Å². The fourth-order valence-corrected chi connectivity index (χ4v) is 7.11. The maximum Gasteiger partial charge on any atom is 0.248 e. The van der Waals surface area contributed by atoms with Crippen molar-refractivity contribution in [3.63, 3.8) is 0 Å². The Labute approximate surface area is 209 Å². The summed E-state index contributed by atoms with van der Waals surface area (Å²) in [6.07, 6.45) is 10.5. The smallest absolute Gasteiger partial charge is 0.248 e. The molecule has 190 valence electrons. The van der Waals surface area contributed by atoms with Crippen molar-refractivity contribution in [2.24, 2.45) is 5.92 Å². The monoisotopic (exact) mass is 499 g/mol. The van der Waals surface area contributed by atoms with Gasteiger partial charge in [0.25, 0.3) is 0 Å². The van der Waals surface area contributed by atoms with E-state index in [2.05, 4.69) is 5.16 Å². The first kappa shape index (κ1) is 25.6. The number of benzene rings is 1. The van der Waals surface area contributed by atoms with Gasteiger partial charge in [-0.05, 0) is 63.7 Å². The number of carbonyl (C=O) groups excluding carboxylic acids is 1. The second-order valence-electron chi connectivity index (χ2n) is 10.1. The van der Waals surface area contributed by atoms with Gasteiger partial charge in [0.1, 0.15) is 5.69 Å². The van der Waals surface area contributed by atoms with Crippen LogP contribution in [0.5, 0.6) is 0 Å². The number of hydrogen-bond donors (Lipinski definition) is 0. The first-order valence-electron chi connectivity index (χ1n) is 12.7. The Hall–Kier alpha value is -2.45. The predicted octanol–water partition coefficient (Wildman–Crippen LogP) is 4.96. The Morgan fingerprint density at radius 2 is 1.83 bits per heavy atom. The zero-order valence-corrected chi connectivity index (χ0v) is 22.1. The molecule has 8 heteroatoms. The topological polar surface area (TPSA) is 83.7 Å². The lowest BCUT2D eigenvalue weighted by molar-refractivity contribution is -0.138. The molecular formula is C27H37N3O4S. The van der Waals surface area contributed by atoms with Crippen LogP contribution < -0.4 is 0 Å². The van der Waals surface area contributed by atoms with E-state index in [-0.39, 0.29) is 35.1 Å². The number of sulfonamides is 1. The molecule has 1 amide bonds. The summed E-state index contributed by atoms with van der Waals surface area (Å²) in [7, 11) is -1.98. The highest BCUT2D eigenvalue weighted by Crippen LogP contribution is 2.31. The minimum atomic E-state index is -3.86. The van der Waals surface area contributed by atoms with E-state index in [9.17, 15) is 13.2 Å². The average molecular weight is 500 g/mol. The number of hydrogen-bond acceptors (Lipinski definition) is 5. The second kappa shape index (κ2) is 10.7. The van der Waals surface area contributed by atoms with Crippen LogP contribution in [0.3, 0.4) is 0 Å². The van der Waals surface area contributed by atoms with Crippen molar-refractivity contribution in [1.29, 1.82) is 0 Å². The number of amides is 1. The van der Waals surface area contributed by atoms with Crippen LogP contribution in [0, 0.1) is 26.7 Å². The zero-order chi connectivity index (χ0) is 25.2. The van der Waals surface area contributed by atoms with Crippen LogP contribution in [0.2, 0.25) is 0 Å². The van der Waals surface area contributed by atoms with Gasteiger partial charge in [-0.1, -0.05) is 54.3 Å². The first-order chi connectivity index (χ1) is 16.7. The van der Waals surface area contributed by atoms with E-state index in [1.807, 2.05) is 50.1 Å². The molecule has 0 unspecified atom stereocenters. The van der Waals surface area contributed by atoms with E-state index in [0.717, 1.165) is 42.4 Å². The number of piperidine rings is 1. The van der Waals surface area contributed by atoms with Gasteiger partial charge in [0, 0.05) is 26.2 Å². The van der Waals surface area contributed by atoms with Crippen molar-refractivity contribution in [1.82, 2.24) is 14.4 Å². The van der Waals surface area contributed by atoms with E-state index in [1.54, 1.807) is 13.0 Å². The molecule has 1 saturated carbocycles. The number of aryl methyl sites for hydroxylation is 3. The normalized spacial score (nSPS) is 20.4. The van der Waals surface area contributed by atoms with Crippen molar-refractivity contribution in [3.05, 3.63) is 46.3 Å². The lowest BCUT2D eigenvalue weighted by Crippen LogP contribution is -2.48. The van der Waals surface area contributed by atoms with E-state index < -0.39 is 10.0 Å². The summed E-state index contributed by atoms with van der Waals surface area (Å²) >= 11 is 0. The molecule has 7 nitrogen and oxygen atoms in total. The number of rotatable bonds is 6. The van der Waals surface area contributed by atoms with Gasteiger partial charge in [0.15, 0.2) is 10.7 Å². The Kier molecular flexibility index (Phi) is 7.81. The molecule has 2 aliphatic rings. The molecule has 0 N–H and O–H groups in total. The third-order valence-electron chi connectivity index (χ3n) is 7.48. The largest absolute Gasteiger partial charge is 0.355 e. The van der Waals surface area contributed by atoms with Crippen LogP contribution in [-0.4, -0.2) is 54.9 Å². The molecule has 1 aromatic heterocycles. The highest BCUT2D eigenvalue weighted by Gasteiger charge is 2.38. The van der Waals surface area contributed by atoms with Gasteiger partial charge < -0.3 is 9.42 Å². The van der Waals surface area contributed by atoms with Gasteiger partial charge in [-0.25, -0.2) is 8.42 Å². The number of carbonyl (C=O) groups is 1. The third kappa shape index (κ3) is 5.54. The Morgan fingerprint density at radius 1 is 1.09 bits per heavy atom. The maximum atomic E-state index is 13.7. The van der Waals surface area contributed by atoms with Crippen LogP contribution in [-0.2, 0) is 14.8 Å². The summed E-state index contributed by atoms with van der Waals surface area (Å²) in [5.74, 6) is -0.0374. The van der Waals surface area contributed by atoms with E-state index >= 15 is 0 Å². The lowest BCUT2D eigenvalue weighted by Gasteiger charge is -2.37. The molecule has 35 heavy (non-hydrogen) atoms. The van der Waals surface area contributed by atoms with Gasteiger partial charge in [-0.2, -0.15) is 4.31 Å². The van der Waals surface area contributed by atoms with E-state index in [0.29, 0.717) is 25.1 Å². The standard InChI is InChI=1S/C27H37N3O4S/c1-19-12-13-20(2)22(17-19)14-15-25-26(21(3)28-34-25)35(32,33)30-16-8-9-23(18-30)27(31)29(4)24-10-6-5-7-11-24/h12-15,17,23-24H,5-11,16,18H2,1-4H3/b15-14+/t23-/m0/s1. The minimum absolute atomic E-state index is 0.0638. The molecule has 2 fully saturated rings. The molecule has 1 aliphatic heterocycles. The highest BCUT2D eigenvalue weighted by molar-refractivity contribution is 7.89. The van der Waals surface area contributed by atoms with Crippen LogP contribution >= 0.6 is 0 Å². The zero-order valence-electron chi connectivity index (χ0n) is 21.3. The number of nitrogens with zero attached hydrogens (tertiary/aromatic N) is 3. The van der Waals surface area contributed by atoms with Crippen LogP contribution in [0.4, 0.5) is 0 Å². The molecule has 4 rings (SSSR count). The van der Waals surface area contributed by atoms with Gasteiger partial charge in [-0.15, -0.1) is 0 Å². The third-order valence-corrected chi connectivity index (χ3v) is 9.51. The van der Waals surface area contributed by atoms with Crippen molar-refractivity contribution >= 4 is 28.1 Å². The fourth-order valence-electron chi connectivity index (χ4n) is 5.33. The maximum absolute atomic E-state index is 13.7. The van der Waals surface area contributed by atoms with Gasteiger partial charge in [0.05, 0.1) is 5.92 Å². The SMILES string of the molecule is Cc1ccc(C)c(/C=C/c2onc(C)c2S(=O)(=O)N2CCC[C@H](C(=O)N(C)C3CCCCC3)C2)c1. The molecule has 1 aromatic carbocycles. The molecule has 1 saturated heterocycles. The highest BCUT2D eigenvalue weighted by atomic mass is 32.2. The van der Waals surface area contributed by atoms with Gasteiger partial charge >= 0.3 is 0 Å². The molecule has 0 bridgehead atoms. The van der Waals surface area contributed by atoms with E-state index in [4.69, 9.17) is 4.52 Å². The van der Waals surface area contributed by atoms with Crippen molar-refractivity contribution in [2.75, 3.05) is 20.1 Å². The molecule has 2 aromatic rings. The summed E-state index contributed by atoms with van der Waals surface area (Å²) in [4.78, 5) is 15.2. The van der Waals surface area contributed by atoms with Gasteiger partial charge in [-0.3, -0.25) is 4.79 Å². The summed E-state index contributed by atoms with van der Waals surface area (Å²) < 4.78 is 34.3. The van der Waals surface area contributed by atoms with E-state index in [1.165, 1.54) is 10.7 Å². The Morgan fingerprint density at radius 3 is 2.57 bits per heavy atom. The van der Waals surface area contributed by atoms with Crippen molar-refractivity contribution < 1.29 is 17.7 Å². The molecule has 2 heterocycles. The molecule has 0 radical (unpaired) electrons. The predicted molar refractivity (Wildman–Crippen MR) is 137 cm³/mol. The number of aromatic nitrogens is 1. The lowest BCUT2D eigenvalue weighted by atomic mass is 9.92. The van der Waals surface area contributed by atoms with Crippen molar-refractivity contribution in [2.45, 2.75) is 76.7 Å². The average Bonchev–Trinajstić information content (AvgIpc) is 3.25. The summed E-state index contributed by atoms with van der Waals surface area (Å²) in [5.41, 5.74) is 3.54. The summed E-state index contributed by atoms with van der Waals surface area (Å²) in [6.45, 7) is 6.27. The van der Waals surface area contributed by atoms with Crippen LogP contribution in [0.1, 0.15) is 73.1 Å². The minimum Gasteiger partial charge on any atom is -0.355 e. The second-order valence-corrected chi connectivity index (χ2v) is 12.0. The van der Waals surface area contributed by atoms with Crippen LogP contribution in [0.15, 0.2) is 27.6 Å². The van der Waals surface area contributed by atoms with Crippen molar-refractivity contribution in [3.8, 4) is 0 Å².